The Kier molecular flexibility index (Phi) is 2.04. The lowest BCUT2D eigenvalue weighted by Gasteiger charge is -2.50. The molecule has 2 N–H and O–H groups in total. The van der Waals surface area contributed by atoms with Crippen molar-refractivity contribution in [3.8, 4) is 0 Å². The number of hydrogen-bond donors (Lipinski definition) is 1. The van der Waals surface area contributed by atoms with Crippen LogP contribution in [0, 0.1) is 5.92 Å². The van der Waals surface area contributed by atoms with Gasteiger partial charge in [0, 0.05) is 24.7 Å². The Balaban J connectivity index is 1.99. The predicted octanol–water partition coefficient (Wildman–Crippen LogP) is 1.32. The Morgan fingerprint density at radius 2 is 2.31 bits per heavy atom. The third kappa shape index (κ3) is 1.44. The number of hydrogen-bond acceptors (Lipinski definition) is 4. The molecule has 4 heteroatoms. The van der Waals surface area contributed by atoms with E-state index in [1.165, 1.54) is 0 Å². The standard InChI is InChI=1S/C9H15N3S/c1-7(2)9(10)5-12(6-9)8-11-3-4-13-8/h3-4,7H,5-6,10H2,1-2H3. The summed E-state index contributed by atoms with van der Waals surface area (Å²) in [4.78, 5) is 6.49. The highest BCUT2D eigenvalue weighted by Gasteiger charge is 2.42. The summed E-state index contributed by atoms with van der Waals surface area (Å²) >= 11 is 1.68. The van der Waals surface area contributed by atoms with Crippen LogP contribution in [-0.2, 0) is 0 Å². The summed E-state index contributed by atoms with van der Waals surface area (Å²) in [6.07, 6.45) is 1.84. The van der Waals surface area contributed by atoms with E-state index in [0.29, 0.717) is 5.92 Å². The summed E-state index contributed by atoms with van der Waals surface area (Å²) in [5, 5.41) is 3.10. The molecule has 0 bridgehead atoms. The third-order valence-corrected chi connectivity index (χ3v) is 3.64. The van der Waals surface area contributed by atoms with Gasteiger partial charge in [0.2, 0.25) is 0 Å². The van der Waals surface area contributed by atoms with Crippen molar-refractivity contribution in [3.63, 3.8) is 0 Å². The van der Waals surface area contributed by atoms with Gasteiger partial charge in [-0.15, -0.1) is 11.3 Å². The molecule has 1 aliphatic rings. The SMILES string of the molecule is CC(C)C1(N)CN(c2nccs2)C1. The molecule has 3 nitrogen and oxygen atoms in total. The van der Waals surface area contributed by atoms with Crippen LogP contribution in [0.5, 0.6) is 0 Å². The Hall–Kier alpha value is -0.610. The van der Waals surface area contributed by atoms with E-state index >= 15 is 0 Å². The van der Waals surface area contributed by atoms with Gasteiger partial charge in [-0.1, -0.05) is 13.8 Å². The molecule has 2 rings (SSSR count). The highest BCUT2D eigenvalue weighted by molar-refractivity contribution is 7.13. The lowest BCUT2D eigenvalue weighted by Crippen LogP contribution is -2.70. The summed E-state index contributed by atoms with van der Waals surface area (Å²) in [5.74, 6) is 0.545. The minimum atomic E-state index is 0.00562. The Bertz CT molecular complexity index is 275. The molecule has 0 atom stereocenters. The second-order valence-corrected chi connectivity index (χ2v) is 4.93. The van der Waals surface area contributed by atoms with Crippen LogP contribution in [0.25, 0.3) is 0 Å². The number of nitrogens with zero attached hydrogens (tertiary/aromatic N) is 2. The average molecular weight is 197 g/mol. The van der Waals surface area contributed by atoms with E-state index in [1.807, 2.05) is 11.6 Å². The van der Waals surface area contributed by atoms with Gasteiger partial charge in [-0.2, -0.15) is 0 Å². The highest BCUT2D eigenvalue weighted by atomic mass is 32.1. The number of rotatable bonds is 2. The van der Waals surface area contributed by atoms with E-state index in [9.17, 15) is 0 Å². The first kappa shape index (κ1) is 8.97. The smallest absolute Gasteiger partial charge is 0.185 e. The van der Waals surface area contributed by atoms with Gasteiger partial charge < -0.3 is 10.6 Å². The molecule has 0 aliphatic carbocycles. The van der Waals surface area contributed by atoms with Gasteiger partial charge in [-0.3, -0.25) is 0 Å². The van der Waals surface area contributed by atoms with Gasteiger partial charge in [-0.05, 0) is 5.92 Å². The van der Waals surface area contributed by atoms with Crippen molar-refractivity contribution in [2.45, 2.75) is 19.4 Å². The van der Waals surface area contributed by atoms with E-state index in [2.05, 4.69) is 23.7 Å². The molecule has 1 saturated heterocycles. The van der Waals surface area contributed by atoms with Gasteiger partial charge >= 0.3 is 0 Å². The van der Waals surface area contributed by atoms with Crippen LogP contribution < -0.4 is 10.6 Å². The third-order valence-electron chi connectivity index (χ3n) is 2.81. The van der Waals surface area contributed by atoms with Crippen molar-refractivity contribution in [2.24, 2.45) is 11.7 Å². The first-order valence-corrected chi connectivity index (χ1v) is 5.43. The summed E-state index contributed by atoms with van der Waals surface area (Å²) in [6.45, 7) is 6.24. The summed E-state index contributed by atoms with van der Waals surface area (Å²) in [5.41, 5.74) is 6.18. The van der Waals surface area contributed by atoms with E-state index < -0.39 is 0 Å². The van der Waals surface area contributed by atoms with Gasteiger partial charge in [0.1, 0.15) is 0 Å². The second-order valence-electron chi connectivity index (χ2n) is 4.06. The lowest BCUT2D eigenvalue weighted by molar-refractivity contribution is 0.245. The number of anilines is 1. The van der Waals surface area contributed by atoms with Crippen LogP contribution in [0.3, 0.4) is 0 Å². The highest BCUT2D eigenvalue weighted by Crippen LogP contribution is 2.31. The molecular formula is C9H15N3S. The zero-order valence-electron chi connectivity index (χ0n) is 8.03. The molecule has 72 valence electrons. The van der Waals surface area contributed by atoms with Crippen molar-refractivity contribution in [1.82, 2.24) is 4.98 Å². The topological polar surface area (TPSA) is 42.1 Å². The number of thiazole rings is 1. The maximum atomic E-state index is 6.18. The van der Waals surface area contributed by atoms with Gasteiger partial charge in [0.05, 0.1) is 5.54 Å². The average Bonchev–Trinajstić information content (AvgIpc) is 2.49. The molecule has 0 spiro atoms. The first-order chi connectivity index (χ1) is 6.12. The fourth-order valence-corrected chi connectivity index (χ4v) is 2.18. The Morgan fingerprint density at radius 1 is 1.62 bits per heavy atom. The Labute approximate surface area is 82.6 Å². The molecule has 1 aromatic rings. The molecule has 0 unspecified atom stereocenters. The number of nitrogens with two attached hydrogens (primary N) is 1. The fourth-order valence-electron chi connectivity index (χ4n) is 1.54. The van der Waals surface area contributed by atoms with Crippen molar-refractivity contribution in [3.05, 3.63) is 11.6 Å². The van der Waals surface area contributed by atoms with Gasteiger partial charge in [-0.25, -0.2) is 4.98 Å². The molecule has 13 heavy (non-hydrogen) atoms. The molecule has 0 saturated carbocycles. The molecule has 1 aliphatic heterocycles. The van der Waals surface area contributed by atoms with E-state index in [-0.39, 0.29) is 5.54 Å². The molecule has 0 amide bonds. The van der Waals surface area contributed by atoms with Crippen molar-refractivity contribution >= 4 is 16.5 Å². The fraction of sp³-hybridized carbons (Fsp3) is 0.667. The largest absolute Gasteiger partial charge is 0.344 e. The van der Waals surface area contributed by atoms with Gasteiger partial charge in [0.25, 0.3) is 0 Å². The molecule has 1 aromatic heterocycles. The molecule has 2 heterocycles. The maximum Gasteiger partial charge on any atom is 0.185 e. The molecule has 1 fully saturated rings. The van der Waals surface area contributed by atoms with E-state index in [4.69, 9.17) is 5.73 Å². The second kappa shape index (κ2) is 2.96. The van der Waals surface area contributed by atoms with E-state index in [0.717, 1.165) is 18.2 Å². The minimum Gasteiger partial charge on any atom is -0.344 e. The summed E-state index contributed by atoms with van der Waals surface area (Å²) in [6, 6.07) is 0. The maximum absolute atomic E-state index is 6.18. The minimum absolute atomic E-state index is 0.00562. The normalized spacial score (nSPS) is 20.5. The van der Waals surface area contributed by atoms with Crippen LogP contribution in [-0.4, -0.2) is 23.6 Å². The monoisotopic (exact) mass is 197 g/mol. The first-order valence-electron chi connectivity index (χ1n) is 4.55. The quantitative estimate of drug-likeness (QED) is 0.777. The van der Waals surface area contributed by atoms with Crippen LogP contribution in [0.1, 0.15) is 13.8 Å². The van der Waals surface area contributed by atoms with Crippen molar-refractivity contribution in [1.29, 1.82) is 0 Å². The van der Waals surface area contributed by atoms with Crippen LogP contribution in [0.2, 0.25) is 0 Å². The lowest BCUT2D eigenvalue weighted by atomic mass is 9.81. The van der Waals surface area contributed by atoms with Crippen molar-refractivity contribution in [2.75, 3.05) is 18.0 Å². The molecule has 0 radical (unpaired) electrons. The molecule has 0 aromatic carbocycles. The Morgan fingerprint density at radius 3 is 2.77 bits per heavy atom. The predicted molar refractivity (Wildman–Crippen MR) is 56.1 cm³/mol. The zero-order valence-corrected chi connectivity index (χ0v) is 8.84. The number of aromatic nitrogens is 1. The summed E-state index contributed by atoms with van der Waals surface area (Å²) < 4.78 is 0. The van der Waals surface area contributed by atoms with E-state index in [1.54, 1.807) is 11.3 Å². The van der Waals surface area contributed by atoms with Crippen LogP contribution in [0.15, 0.2) is 11.6 Å². The molecular weight excluding hydrogens is 182 g/mol. The van der Waals surface area contributed by atoms with Crippen LogP contribution >= 0.6 is 11.3 Å². The zero-order chi connectivity index (χ0) is 9.47. The van der Waals surface area contributed by atoms with Gasteiger partial charge in [0.15, 0.2) is 5.13 Å². The summed E-state index contributed by atoms with van der Waals surface area (Å²) in [7, 11) is 0. The van der Waals surface area contributed by atoms with Crippen molar-refractivity contribution < 1.29 is 0 Å². The van der Waals surface area contributed by atoms with Crippen LogP contribution in [0.4, 0.5) is 5.13 Å².